The molecule has 1 aromatic carbocycles. The first-order valence-electron chi connectivity index (χ1n) is 8.80. The summed E-state index contributed by atoms with van der Waals surface area (Å²) in [5.74, 6) is 0. The van der Waals surface area contributed by atoms with Crippen LogP contribution < -0.4 is 10.6 Å². The summed E-state index contributed by atoms with van der Waals surface area (Å²) in [6.07, 6.45) is 5.58. The molecule has 2 amide bonds. The van der Waals surface area contributed by atoms with Gasteiger partial charge in [-0.3, -0.25) is 0 Å². The summed E-state index contributed by atoms with van der Waals surface area (Å²) < 4.78 is 26.3. The summed E-state index contributed by atoms with van der Waals surface area (Å²) in [4.78, 5) is 16.1. The van der Waals surface area contributed by atoms with Crippen molar-refractivity contribution in [3.05, 3.63) is 48.0 Å². The van der Waals surface area contributed by atoms with Crippen molar-refractivity contribution in [1.29, 1.82) is 0 Å². The first-order chi connectivity index (χ1) is 12.9. The highest BCUT2D eigenvalue weighted by atomic mass is 32.2. The number of nitrogens with zero attached hydrogens (tertiary/aromatic N) is 4. The smallest absolute Gasteiger partial charge is 0.315 e. The number of benzene rings is 1. The zero-order valence-corrected chi connectivity index (χ0v) is 16.0. The Hall–Kier alpha value is -2.46. The Morgan fingerprint density at radius 1 is 1.22 bits per heavy atom. The van der Waals surface area contributed by atoms with E-state index in [4.69, 9.17) is 0 Å². The number of carbonyl (C=O) groups excluding carboxylic acids is 1. The van der Waals surface area contributed by atoms with Crippen molar-refractivity contribution < 1.29 is 13.2 Å². The largest absolute Gasteiger partial charge is 0.335 e. The Bertz CT molecular complexity index is 861. The van der Waals surface area contributed by atoms with Crippen LogP contribution in [0.15, 0.2) is 36.9 Å². The van der Waals surface area contributed by atoms with Crippen molar-refractivity contribution in [2.24, 2.45) is 0 Å². The molecule has 0 bridgehead atoms. The van der Waals surface area contributed by atoms with Gasteiger partial charge < -0.3 is 10.6 Å². The highest BCUT2D eigenvalue weighted by molar-refractivity contribution is 7.88. The molecular weight excluding hydrogens is 368 g/mol. The zero-order valence-electron chi connectivity index (χ0n) is 15.2. The van der Waals surface area contributed by atoms with E-state index in [9.17, 15) is 13.2 Å². The van der Waals surface area contributed by atoms with Gasteiger partial charge in [-0.25, -0.2) is 27.2 Å². The van der Waals surface area contributed by atoms with Crippen molar-refractivity contribution in [3.63, 3.8) is 0 Å². The van der Waals surface area contributed by atoms with Gasteiger partial charge in [-0.05, 0) is 24.0 Å². The van der Waals surface area contributed by atoms with Gasteiger partial charge in [0.15, 0.2) is 0 Å². The molecule has 1 fully saturated rings. The van der Waals surface area contributed by atoms with Gasteiger partial charge in [0, 0.05) is 25.7 Å². The first-order valence-corrected chi connectivity index (χ1v) is 10.7. The molecule has 0 unspecified atom stereocenters. The van der Waals surface area contributed by atoms with Crippen molar-refractivity contribution in [1.82, 2.24) is 29.7 Å². The summed E-state index contributed by atoms with van der Waals surface area (Å²) in [5.41, 5.74) is 2.07. The summed E-state index contributed by atoms with van der Waals surface area (Å²) in [7, 11) is -3.16. The highest BCUT2D eigenvalue weighted by Gasteiger charge is 2.25. The van der Waals surface area contributed by atoms with Crippen LogP contribution in [0.2, 0.25) is 0 Å². The lowest BCUT2D eigenvalue weighted by atomic mass is 10.1. The third-order valence-electron chi connectivity index (χ3n) is 4.61. The predicted octanol–water partition coefficient (Wildman–Crippen LogP) is 0.550. The second-order valence-electron chi connectivity index (χ2n) is 6.63. The Morgan fingerprint density at radius 2 is 1.93 bits per heavy atom. The average molecular weight is 392 g/mol. The number of sulfonamides is 1. The van der Waals surface area contributed by atoms with Gasteiger partial charge in [0.2, 0.25) is 10.0 Å². The molecule has 1 aromatic heterocycles. The van der Waals surface area contributed by atoms with E-state index in [0.717, 1.165) is 11.1 Å². The van der Waals surface area contributed by atoms with E-state index in [1.165, 1.54) is 16.9 Å². The van der Waals surface area contributed by atoms with Crippen molar-refractivity contribution in [2.45, 2.75) is 32.0 Å². The maximum absolute atomic E-state index is 12.2. The van der Waals surface area contributed by atoms with Gasteiger partial charge in [-0.15, -0.1) is 0 Å². The van der Waals surface area contributed by atoms with Crippen LogP contribution in [-0.2, 0) is 23.1 Å². The summed E-state index contributed by atoms with van der Waals surface area (Å²) in [5, 5.41) is 9.92. The molecule has 2 heterocycles. The Kier molecular flexibility index (Phi) is 6.07. The van der Waals surface area contributed by atoms with Crippen LogP contribution in [0.5, 0.6) is 0 Å². The van der Waals surface area contributed by atoms with E-state index in [1.807, 2.05) is 24.3 Å². The molecular formula is C17H24N6O3S. The van der Waals surface area contributed by atoms with Crippen molar-refractivity contribution in [3.8, 4) is 0 Å². The van der Waals surface area contributed by atoms with E-state index in [2.05, 4.69) is 20.7 Å². The third kappa shape index (κ3) is 5.51. The molecule has 2 N–H and O–H groups in total. The molecule has 2 aromatic rings. The number of nitrogens with one attached hydrogen (secondary N) is 2. The fraction of sp³-hybridized carbons (Fsp3) is 0.471. The fourth-order valence-corrected chi connectivity index (χ4v) is 3.99. The maximum Gasteiger partial charge on any atom is 0.315 e. The molecule has 1 saturated heterocycles. The van der Waals surface area contributed by atoms with E-state index < -0.39 is 10.0 Å². The summed E-state index contributed by atoms with van der Waals surface area (Å²) >= 11 is 0. The van der Waals surface area contributed by atoms with Crippen molar-refractivity contribution in [2.75, 3.05) is 19.3 Å². The topological polar surface area (TPSA) is 109 Å². The van der Waals surface area contributed by atoms with E-state index in [1.54, 1.807) is 11.0 Å². The van der Waals surface area contributed by atoms with Crippen LogP contribution in [0.25, 0.3) is 0 Å². The van der Waals surface area contributed by atoms with Crippen molar-refractivity contribution >= 4 is 16.1 Å². The Labute approximate surface area is 158 Å². The monoisotopic (exact) mass is 392 g/mol. The molecule has 0 spiro atoms. The van der Waals surface area contributed by atoms with Crippen LogP contribution >= 0.6 is 0 Å². The lowest BCUT2D eigenvalue weighted by Gasteiger charge is -2.30. The number of rotatable bonds is 6. The van der Waals surface area contributed by atoms with Gasteiger partial charge in [-0.1, -0.05) is 24.3 Å². The quantitative estimate of drug-likeness (QED) is 0.746. The maximum atomic E-state index is 12.2. The SMILES string of the molecule is CS(=O)(=O)N1CCC(NC(=O)NCc2ccccc2Cn2cncn2)CC1. The predicted molar refractivity (Wildman–Crippen MR) is 100 cm³/mol. The normalized spacial score (nSPS) is 16.2. The number of amides is 2. The zero-order chi connectivity index (χ0) is 19.3. The van der Waals surface area contributed by atoms with E-state index >= 15 is 0 Å². The molecule has 10 heteroatoms. The van der Waals surface area contributed by atoms with E-state index in [0.29, 0.717) is 39.0 Å². The molecule has 1 aliphatic heterocycles. The molecule has 0 radical (unpaired) electrons. The highest BCUT2D eigenvalue weighted by Crippen LogP contribution is 2.13. The first kappa shape index (κ1) is 19.3. The molecule has 0 saturated carbocycles. The van der Waals surface area contributed by atoms with Crippen LogP contribution in [0.4, 0.5) is 4.79 Å². The summed E-state index contributed by atoms with van der Waals surface area (Å²) in [6, 6.07) is 7.58. The van der Waals surface area contributed by atoms with Gasteiger partial charge in [0.05, 0.1) is 12.8 Å². The van der Waals surface area contributed by atoms with Crippen LogP contribution in [0.3, 0.4) is 0 Å². The summed E-state index contributed by atoms with van der Waals surface area (Å²) in [6.45, 7) is 1.86. The number of carbonyl (C=O) groups is 1. The average Bonchev–Trinajstić information content (AvgIpc) is 3.14. The fourth-order valence-electron chi connectivity index (χ4n) is 3.12. The molecule has 9 nitrogen and oxygen atoms in total. The molecule has 27 heavy (non-hydrogen) atoms. The van der Waals surface area contributed by atoms with Gasteiger partial charge in [0.1, 0.15) is 12.7 Å². The minimum absolute atomic E-state index is 0.0200. The molecule has 3 rings (SSSR count). The lowest BCUT2D eigenvalue weighted by molar-refractivity contribution is 0.227. The van der Waals surface area contributed by atoms with E-state index in [-0.39, 0.29) is 12.1 Å². The molecule has 146 valence electrons. The second kappa shape index (κ2) is 8.49. The Balaban J connectivity index is 1.49. The van der Waals surface area contributed by atoms with Gasteiger partial charge in [-0.2, -0.15) is 5.10 Å². The third-order valence-corrected chi connectivity index (χ3v) is 5.92. The number of urea groups is 1. The minimum atomic E-state index is -3.16. The number of hydrogen-bond donors (Lipinski definition) is 2. The van der Waals surface area contributed by atoms with Crippen LogP contribution in [0, 0.1) is 0 Å². The molecule has 0 aliphatic carbocycles. The number of piperidine rings is 1. The lowest BCUT2D eigenvalue weighted by Crippen LogP contribution is -2.48. The van der Waals surface area contributed by atoms with Gasteiger partial charge in [0.25, 0.3) is 0 Å². The minimum Gasteiger partial charge on any atom is -0.335 e. The number of aromatic nitrogens is 3. The Morgan fingerprint density at radius 3 is 2.56 bits per heavy atom. The van der Waals surface area contributed by atoms with Gasteiger partial charge >= 0.3 is 6.03 Å². The number of hydrogen-bond acceptors (Lipinski definition) is 5. The van der Waals surface area contributed by atoms with Crippen LogP contribution in [-0.4, -0.2) is 58.9 Å². The standard InChI is InChI=1S/C17H24N6O3S/c1-27(25,26)23-8-6-16(7-9-23)21-17(24)19-10-14-4-2-3-5-15(14)11-22-13-18-12-20-22/h2-5,12-13,16H,6-11H2,1H3,(H2,19,21,24). The molecule has 0 atom stereocenters. The second-order valence-corrected chi connectivity index (χ2v) is 8.61. The van der Waals surface area contributed by atoms with Crippen LogP contribution in [0.1, 0.15) is 24.0 Å². The molecule has 1 aliphatic rings.